The van der Waals surface area contributed by atoms with Crippen LogP contribution in [0.25, 0.3) is 90.9 Å². The van der Waals surface area contributed by atoms with Gasteiger partial charge in [0.2, 0.25) is 0 Å². The summed E-state index contributed by atoms with van der Waals surface area (Å²) in [4.78, 5) is 18.2. The number of rotatable bonds is 7. The predicted molar refractivity (Wildman–Crippen MR) is 222 cm³/mol. The summed E-state index contributed by atoms with van der Waals surface area (Å²) in [5, 5.41) is 10.2. The molecule has 0 saturated carbocycles. The third-order valence-corrected chi connectivity index (χ3v) is 10.0. The number of phenolic OH excluding ortho intramolecular Hbond substituents is 1. The molecule has 0 fully saturated rings. The normalized spacial score (nSPS) is 11.8. The van der Waals surface area contributed by atoms with E-state index in [-0.39, 0.29) is 5.75 Å². The first-order chi connectivity index (χ1) is 27.0. The maximum atomic E-state index is 10.2. The van der Waals surface area contributed by atoms with E-state index in [0.717, 1.165) is 107 Å². The largest absolute Gasteiger partial charge is 0.508 e. The van der Waals surface area contributed by atoms with Gasteiger partial charge in [-0.3, -0.25) is 0 Å². The molecule has 3 aromatic heterocycles. The molecule has 8 bridgehead atoms. The molecule has 2 aliphatic rings. The van der Waals surface area contributed by atoms with Crippen LogP contribution in [-0.4, -0.2) is 46.4 Å². The van der Waals surface area contributed by atoms with Crippen molar-refractivity contribution < 1.29 is 19.3 Å². The predicted octanol–water partition coefficient (Wildman–Crippen LogP) is 11.1. The average molecular weight is 721 g/mol. The summed E-state index contributed by atoms with van der Waals surface area (Å²) in [6.45, 7) is 0. The Hall–Kier alpha value is -7.32. The second kappa shape index (κ2) is 13.9. The Bertz CT molecular complexity index is 2750. The molecule has 2 aliphatic heterocycles. The van der Waals surface area contributed by atoms with Crippen molar-refractivity contribution in [3.63, 3.8) is 0 Å². The van der Waals surface area contributed by atoms with E-state index in [0.29, 0.717) is 0 Å². The standard InChI is InChI=1S/C47H36N4O4/c1-53-33-14-6-29(7-15-33)45-38-22-20-36(48-38)44(28-4-12-32(52)13-5-28)37-21-23-39(49-37)46(30-8-16-34(54-2)17-9-30)41-25-27-43(51-41)47(42-26-24-40(45)50-42)31-10-18-35(55-3)19-11-31/h4-27,48,51-52H,1-3H3. The van der Waals surface area contributed by atoms with Crippen LogP contribution in [0.3, 0.4) is 0 Å². The minimum absolute atomic E-state index is 0.192. The molecule has 0 aliphatic carbocycles. The number of methoxy groups -OCH3 is 3. The van der Waals surface area contributed by atoms with Gasteiger partial charge in [0, 0.05) is 44.3 Å². The van der Waals surface area contributed by atoms with Gasteiger partial charge < -0.3 is 29.3 Å². The Morgan fingerprint density at radius 2 is 0.618 bits per heavy atom. The number of aromatic hydroxyl groups is 1. The Labute approximate surface area is 317 Å². The Morgan fingerprint density at radius 3 is 0.873 bits per heavy atom. The van der Waals surface area contributed by atoms with Crippen LogP contribution in [0.5, 0.6) is 23.0 Å². The smallest absolute Gasteiger partial charge is 0.118 e. The second-order valence-electron chi connectivity index (χ2n) is 13.2. The van der Waals surface area contributed by atoms with Gasteiger partial charge in [-0.2, -0.15) is 0 Å². The Balaban J connectivity index is 1.44. The highest BCUT2D eigenvalue weighted by atomic mass is 16.5. The van der Waals surface area contributed by atoms with Crippen molar-refractivity contribution in [3.05, 3.63) is 144 Å². The van der Waals surface area contributed by atoms with Gasteiger partial charge in [0.15, 0.2) is 0 Å². The van der Waals surface area contributed by atoms with Crippen molar-refractivity contribution in [2.24, 2.45) is 0 Å². The van der Waals surface area contributed by atoms with Crippen LogP contribution < -0.4 is 14.2 Å². The zero-order valence-corrected chi connectivity index (χ0v) is 30.4. The monoisotopic (exact) mass is 720 g/mol. The molecule has 8 heteroatoms. The minimum Gasteiger partial charge on any atom is -0.508 e. The van der Waals surface area contributed by atoms with Crippen LogP contribution in [0.2, 0.25) is 0 Å². The molecule has 3 N–H and O–H groups in total. The molecular weight excluding hydrogens is 685 g/mol. The molecule has 268 valence electrons. The van der Waals surface area contributed by atoms with Crippen LogP contribution in [0.15, 0.2) is 121 Å². The van der Waals surface area contributed by atoms with Crippen molar-refractivity contribution in [2.45, 2.75) is 0 Å². The molecule has 0 radical (unpaired) electrons. The molecule has 9 rings (SSSR count). The maximum absolute atomic E-state index is 10.2. The maximum Gasteiger partial charge on any atom is 0.118 e. The molecule has 0 saturated heterocycles. The Morgan fingerprint density at radius 1 is 0.364 bits per heavy atom. The van der Waals surface area contributed by atoms with E-state index in [1.165, 1.54) is 0 Å². The highest BCUT2D eigenvalue weighted by Gasteiger charge is 2.19. The molecule has 8 nitrogen and oxygen atoms in total. The van der Waals surface area contributed by atoms with Crippen molar-refractivity contribution in [3.8, 4) is 67.5 Å². The molecular formula is C47H36N4O4. The quantitative estimate of drug-likeness (QED) is 0.151. The minimum atomic E-state index is 0.192. The number of phenols is 1. The summed E-state index contributed by atoms with van der Waals surface area (Å²) < 4.78 is 16.5. The molecule has 7 aromatic rings. The van der Waals surface area contributed by atoms with Gasteiger partial charge in [-0.05, 0) is 119 Å². The van der Waals surface area contributed by atoms with Crippen LogP contribution in [0, 0.1) is 0 Å². The second-order valence-corrected chi connectivity index (χ2v) is 13.2. The van der Waals surface area contributed by atoms with Crippen LogP contribution in [0.1, 0.15) is 22.8 Å². The van der Waals surface area contributed by atoms with Crippen molar-refractivity contribution >= 4 is 46.4 Å². The van der Waals surface area contributed by atoms with E-state index in [4.69, 9.17) is 24.2 Å². The van der Waals surface area contributed by atoms with E-state index in [1.54, 1.807) is 33.5 Å². The molecule has 5 heterocycles. The molecule has 0 spiro atoms. The summed E-state index contributed by atoms with van der Waals surface area (Å²) in [5.74, 6) is 2.50. The molecule has 55 heavy (non-hydrogen) atoms. The van der Waals surface area contributed by atoms with E-state index in [1.807, 2.05) is 48.5 Å². The fourth-order valence-corrected chi connectivity index (χ4v) is 7.32. The fourth-order valence-electron chi connectivity index (χ4n) is 7.32. The number of benzene rings is 4. The first-order valence-electron chi connectivity index (χ1n) is 17.9. The topological polar surface area (TPSA) is 105 Å². The van der Waals surface area contributed by atoms with Gasteiger partial charge in [-0.15, -0.1) is 0 Å². The third kappa shape index (κ3) is 6.19. The lowest BCUT2D eigenvalue weighted by molar-refractivity contribution is 0.415. The Kier molecular flexibility index (Phi) is 8.48. The van der Waals surface area contributed by atoms with Crippen LogP contribution in [-0.2, 0) is 0 Å². The van der Waals surface area contributed by atoms with E-state index < -0.39 is 0 Å². The van der Waals surface area contributed by atoms with Crippen molar-refractivity contribution in [2.75, 3.05) is 21.3 Å². The number of nitrogens with zero attached hydrogens (tertiary/aromatic N) is 2. The highest BCUT2D eigenvalue weighted by Crippen LogP contribution is 2.39. The zero-order chi connectivity index (χ0) is 37.5. The number of fused-ring (bicyclic) bond motifs is 8. The molecule has 0 unspecified atom stereocenters. The number of aromatic nitrogens is 4. The van der Waals surface area contributed by atoms with Crippen molar-refractivity contribution in [1.29, 1.82) is 0 Å². The van der Waals surface area contributed by atoms with E-state index >= 15 is 0 Å². The van der Waals surface area contributed by atoms with Crippen LogP contribution >= 0.6 is 0 Å². The van der Waals surface area contributed by atoms with Crippen LogP contribution in [0.4, 0.5) is 0 Å². The number of ether oxygens (including phenoxy) is 3. The summed E-state index contributed by atoms with van der Waals surface area (Å²) in [6, 6.07) is 39.7. The summed E-state index contributed by atoms with van der Waals surface area (Å²) >= 11 is 0. The first kappa shape index (κ1) is 33.5. The number of nitrogens with one attached hydrogen (secondary N) is 2. The van der Waals surface area contributed by atoms with Gasteiger partial charge in [0.25, 0.3) is 0 Å². The number of hydrogen-bond acceptors (Lipinski definition) is 6. The summed E-state index contributed by atoms with van der Waals surface area (Å²) in [5.41, 5.74) is 14.3. The number of H-pyrrole nitrogens is 2. The highest BCUT2D eigenvalue weighted by molar-refractivity contribution is 5.99. The molecule has 4 aromatic carbocycles. The number of aromatic amines is 2. The summed E-state index contributed by atoms with van der Waals surface area (Å²) in [6.07, 6.45) is 8.27. The lowest BCUT2D eigenvalue weighted by atomic mass is 10.0. The third-order valence-electron chi connectivity index (χ3n) is 10.0. The SMILES string of the molecule is COc1ccc(-c2c3nc(c(-c4ccc(OC)cc4)c4ccc([nH]4)c(-c4ccc(OC)cc4)c4nc(c(-c5ccc(O)cc5)c5ccc2[nH]5)C=C4)C=C3)cc1. The zero-order valence-electron chi connectivity index (χ0n) is 30.4. The summed E-state index contributed by atoms with van der Waals surface area (Å²) in [7, 11) is 5.01. The number of hydrogen-bond donors (Lipinski definition) is 3. The lowest BCUT2D eigenvalue weighted by Crippen LogP contribution is -1.90. The van der Waals surface area contributed by atoms with Gasteiger partial charge in [-0.25, -0.2) is 9.97 Å². The molecule has 0 atom stereocenters. The van der Waals surface area contributed by atoms with E-state index in [2.05, 4.69) is 94.9 Å². The average Bonchev–Trinajstić information content (AvgIpc) is 4.07. The fraction of sp³-hybridized carbons (Fsp3) is 0.0638. The van der Waals surface area contributed by atoms with Gasteiger partial charge >= 0.3 is 0 Å². The van der Waals surface area contributed by atoms with Gasteiger partial charge in [0.05, 0.1) is 44.1 Å². The van der Waals surface area contributed by atoms with Gasteiger partial charge in [0.1, 0.15) is 23.0 Å². The first-order valence-corrected chi connectivity index (χ1v) is 17.9. The van der Waals surface area contributed by atoms with Gasteiger partial charge in [-0.1, -0.05) is 48.5 Å². The van der Waals surface area contributed by atoms with Crippen molar-refractivity contribution in [1.82, 2.24) is 19.9 Å². The van der Waals surface area contributed by atoms with E-state index in [9.17, 15) is 5.11 Å². The molecule has 0 amide bonds. The lowest BCUT2D eigenvalue weighted by Gasteiger charge is -2.08.